The fraction of sp³-hybridized carbons (Fsp3) is 0.588. The quantitative estimate of drug-likeness (QED) is 0.871. The number of benzene rings is 1. The Hall–Kier alpha value is -1.55. The molecule has 116 valence electrons. The average Bonchev–Trinajstić information content (AvgIpc) is 3.22. The second-order valence-electron chi connectivity index (χ2n) is 6.06. The van der Waals surface area contributed by atoms with Crippen LogP contribution in [0.5, 0.6) is 5.75 Å². The van der Waals surface area contributed by atoms with E-state index in [9.17, 15) is 4.79 Å². The second kappa shape index (κ2) is 6.94. The number of primary amides is 1. The van der Waals surface area contributed by atoms with E-state index in [2.05, 4.69) is 18.7 Å². The number of hydrogen-bond acceptors (Lipinski definition) is 3. The molecule has 1 aromatic rings. The zero-order valence-electron chi connectivity index (χ0n) is 13.2. The number of ether oxygens (including phenoxy) is 1. The molecule has 21 heavy (non-hydrogen) atoms. The van der Waals surface area contributed by atoms with E-state index in [1.54, 1.807) is 31.4 Å². The van der Waals surface area contributed by atoms with Gasteiger partial charge in [0.1, 0.15) is 5.75 Å². The molecule has 1 heterocycles. The maximum absolute atomic E-state index is 10.6. The molecule has 1 aliphatic carbocycles. The summed E-state index contributed by atoms with van der Waals surface area (Å²) in [4.78, 5) is 13.3. The summed E-state index contributed by atoms with van der Waals surface area (Å²) in [5, 5.41) is 0. The van der Waals surface area contributed by atoms with Crippen LogP contribution in [-0.4, -0.2) is 36.0 Å². The molecule has 1 saturated heterocycles. The molecular weight excluding hydrogens is 264 g/mol. The van der Waals surface area contributed by atoms with Gasteiger partial charge in [-0.25, -0.2) is 0 Å². The van der Waals surface area contributed by atoms with Crippen molar-refractivity contribution in [3.8, 4) is 5.75 Å². The maximum atomic E-state index is 10.6. The van der Waals surface area contributed by atoms with Gasteiger partial charge in [-0.05, 0) is 44.9 Å². The van der Waals surface area contributed by atoms with E-state index >= 15 is 0 Å². The topological polar surface area (TPSA) is 55.3 Å². The van der Waals surface area contributed by atoms with E-state index in [1.807, 2.05) is 0 Å². The number of carbonyl (C=O) groups is 1. The number of likely N-dealkylation sites (tertiary alicyclic amines) is 1. The molecule has 4 heteroatoms. The number of methoxy groups -OCH3 is 1. The minimum atomic E-state index is -0.441. The van der Waals surface area contributed by atoms with E-state index in [1.165, 1.54) is 25.7 Å². The van der Waals surface area contributed by atoms with E-state index in [4.69, 9.17) is 10.5 Å². The third-order valence-corrected chi connectivity index (χ3v) is 4.32. The largest absolute Gasteiger partial charge is 0.497 e. The first-order valence-electron chi connectivity index (χ1n) is 7.76. The molecule has 4 nitrogen and oxygen atoms in total. The summed E-state index contributed by atoms with van der Waals surface area (Å²) in [6.45, 7) is 4.64. The SMILES string of the molecule is CC(C)N1C2CCCCC21.COc1cccc(C(N)=O)c1. The smallest absolute Gasteiger partial charge is 0.248 e. The molecule has 2 N–H and O–H groups in total. The molecule has 0 aromatic heterocycles. The summed E-state index contributed by atoms with van der Waals surface area (Å²) >= 11 is 0. The Morgan fingerprint density at radius 2 is 1.90 bits per heavy atom. The van der Waals surface area contributed by atoms with Gasteiger partial charge in [-0.2, -0.15) is 0 Å². The molecule has 1 aromatic carbocycles. The Morgan fingerprint density at radius 3 is 2.38 bits per heavy atom. The number of nitrogens with two attached hydrogens (primary N) is 1. The monoisotopic (exact) mass is 290 g/mol. The highest BCUT2D eigenvalue weighted by Crippen LogP contribution is 2.41. The van der Waals surface area contributed by atoms with Crippen molar-refractivity contribution in [1.82, 2.24) is 4.90 Å². The Bertz CT molecular complexity index is 475. The summed E-state index contributed by atoms with van der Waals surface area (Å²) in [6, 6.07) is 9.51. The summed E-state index contributed by atoms with van der Waals surface area (Å²) in [7, 11) is 1.54. The molecule has 3 rings (SSSR count). The van der Waals surface area contributed by atoms with Crippen LogP contribution < -0.4 is 10.5 Å². The van der Waals surface area contributed by atoms with Crippen LogP contribution in [0.3, 0.4) is 0 Å². The Balaban J connectivity index is 0.000000154. The number of carbonyl (C=O) groups excluding carboxylic acids is 1. The molecule has 2 aliphatic rings. The van der Waals surface area contributed by atoms with Crippen LogP contribution in [0.2, 0.25) is 0 Å². The zero-order chi connectivity index (χ0) is 15.4. The molecule has 2 atom stereocenters. The lowest BCUT2D eigenvalue weighted by Crippen LogP contribution is -2.12. The van der Waals surface area contributed by atoms with Gasteiger partial charge in [0.05, 0.1) is 7.11 Å². The van der Waals surface area contributed by atoms with E-state index < -0.39 is 5.91 Å². The molecule has 0 bridgehead atoms. The van der Waals surface area contributed by atoms with Gasteiger partial charge in [-0.3, -0.25) is 9.69 Å². The highest BCUT2D eigenvalue weighted by molar-refractivity contribution is 5.93. The Morgan fingerprint density at radius 1 is 1.29 bits per heavy atom. The first kappa shape index (κ1) is 15.8. The zero-order valence-corrected chi connectivity index (χ0v) is 13.2. The number of hydrogen-bond donors (Lipinski definition) is 1. The van der Waals surface area contributed by atoms with Crippen molar-refractivity contribution in [2.45, 2.75) is 57.7 Å². The third kappa shape index (κ3) is 3.97. The van der Waals surface area contributed by atoms with Gasteiger partial charge in [0.2, 0.25) is 5.91 Å². The van der Waals surface area contributed by atoms with Gasteiger partial charge in [0, 0.05) is 23.7 Å². The summed E-state index contributed by atoms with van der Waals surface area (Å²) in [5.74, 6) is 0.199. The van der Waals surface area contributed by atoms with Crippen LogP contribution >= 0.6 is 0 Å². The molecule has 0 radical (unpaired) electrons. The van der Waals surface area contributed by atoms with Crippen molar-refractivity contribution in [1.29, 1.82) is 0 Å². The van der Waals surface area contributed by atoms with E-state index in [-0.39, 0.29) is 0 Å². The van der Waals surface area contributed by atoms with Crippen LogP contribution in [0, 0.1) is 0 Å². The third-order valence-electron chi connectivity index (χ3n) is 4.32. The average molecular weight is 290 g/mol. The van der Waals surface area contributed by atoms with Crippen LogP contribution in [0.15, 0.2) is 24.3 Å². The summed E-state index contributed by atoms with van der Waals surface area (Å²) in [5.41, 5.74) is 5.51. The standard InChI is InChI=1S/C9H17N.C8H9NO2/c1-7(2)10-8-5-3-4-6-9(8)10;1-11-7-4-2-3-6(5-7)8(9)10/h7-9H,3-6H2,1-2H3;2-5H,1H3,(H2,9,10). The minimum Gasteiger partial charge on any atom is -0.497 e. The first-order valence-corrected chi connectivity index (χ1v) is 7.76. The normalized spacial score (nSPS) is 26.4. The maximum Gasteiger partial charge on any atom is 0.248 e. The fourth-order valence-electron chi connectivity index (χ4n) is 3.29. The van der Waals surface area contributed by atoms with Crippen molar-refractivity contribution >= 4 is 5.91 Å². The predicted molar refractivity (Wildman–Crippen MR) is 84.5 cm³/mol. The molecule has 1 aliphatic heterocycles. The van der Waals surface area contributed by atoms with Gasteiger partial charge in [0.15, 0.2) is 0 Å². The van der Waals surface area contributed by atoms with Crippen molar-refractivity contribution in [2.75, 3.05) is 7.11 Å². The van der Waals surface area contributed by atoms with Gasteiger partial charge < -0.3 is 10.5 Å². The molecule has 2 unspecified atom stereocenters. The lowest BCUT2D eigenvalue weighted by atomic mass is 10.0. The molecular formula is C17H26N2O2. The lowest BCUT2D eigenvalue weighted by molar-refractivity contribution is 0.1000. The molecule has 1 amide bonds. The Kier molecular flexibility index (Phi) is 5.23. The van der Waals surface area contributed by atoms with Crippen LogP contribution in [-0.2, 0) is 0 Å². The summed E-state index contributed by atoms with van der Waals surface area (Å²) in [6.07, 6.45) is 5.90. The molecule has 0 spiro atoms. The number of rotatable bonds is 3. The molecule has 2 fully saturated rings. The van der Waals surface area contributed by atoms with Crippen molar-refractivity contribution < 1.29 is 9.53 Å². The highest BCUT2D eigenvalue weighted by Gasteiger charge is 2.48. The first-order chi connectivity index (χ1) is 10.0. The van der Waals surface area contributed by atoms with Crippen molar-refractivity contribution in [3.05, 3.63) is 29.8 Å². The summed E-state index contributed by atoms with van der Waals surface area (Å²) < 4.78 is 4.90. The molecule has 1 saturated carbocycles. The highest BCUT2D eigenvalue weighted by atomic mass is 16.5. The number of fused-ring (bicyclic) bond motifs is 1. The number of amides is 1. The lowest BCUT2D eigenvalue weighted by Gasteiger charge is -2.05. The van der Waals surface area contributed by atoms with Crippen molar-refractivity contribution in [3.63, 3.8) is 0 Å². The van der Waals surface area contributed by atoms with Crippen LogP contribution in [0.1, 0.15) is 49.9 Å². The van der Waals surface area contributed by atoms with Gasteiger partial charge in [-0.1, -0.05) is 18.9 Å². The van der Waals surface area contributed by atoms with Gasteiger partial charge in [-0.15, -0.1) is 0 Å². The Labute approximate surface area is 127 Å². The van der Waals surface area contributed by atoms with Crippen LogP contribution in [0.4, 0.5) is 0 Å². The van der Waals surface area contributed by atoms with Crippen molar-refractivity contribution in [2.24, 2.45) is 5.73 Å². The predicted octanol–water partition coefficient (Wildman–Crippen LogP) is 2.82. The number of nitrogens with zero attached hydrogens (tertiary/aromatic N) is 1. The van der Waals surface area contributed by atoms with Gasteiger partial charge in [0.25, 0.3) is 0 Å². The van der Waals surface area contributed by atoms with Crippen LogP contribution in [0.25, 0.3) is 0 Å². The minimum absolute atomic E-state index is 0.441. The van der Waals surface area contributed by atoms with E-state index in [0.29, 0.717) is 11.3 Å². The van der Waals surface area contributed by atoms with Gasteiger partial charge >= 0.3 is 0 Å². The fourth-order valence-corrected chi connectivity index (χ4v) is 3.29. The second-order valence-corrected chi connectivity index (χ2v) is 6.06. The van der Waals surface area contributed by atoms with E-state index in [0.717, 1.165) is 18.1 Å².